The summed E-state index contributed by atoms with van der Waals surface area (Å²) in [7, 11) is 0. The van der Waals surface area contributed by atoms with Crippen molar-refractivity contribution < 1.29 is 14.7 Å². The van der Waals surface area contributed by atoms with Crippen molar-refractivity contribution in [3.8, 4) is 0 Å². The molecule has 0 aliphatic carbocycles. The molecule has 1 heterocycles. The van der Waals surface area contributed by atoms with E-state index in [0.717, 1.165) is 11.1 Å². The van der Waals surface area contributed by atoms with E-state index in [1.165, 1.54) is 17.4 Å². The summed E-state index contributed by atoms with van der Waals surface area (Å²) in [4.78, 5) is 23.1. The molecule has 0 spiro atoms. The lowest BCUT2D eigenvalue weighted by Gasteiger charge is -2.11. The zero-order valence-corrected chi connectivity index (χ0v) is 13.3. The van der Waals surface area contributed by atoms with Gasteiger partial charge in [-0.1, -0.05) is 18.7 Å². The van der Waals surface area contributed by atoms with Crippen LogP contribution >= 0.6 is 11.3 Å². The summed E-state index contributed by atoms with van der Waals surface area (Å²) in [5.41, 5.74) is 2.18. The number of aliphatic hydroxyl groups excluding tert-OH is 1. The Morgan fingerprint density at radius 2 is 1.96 bits per heavy atom. The molecule has 2 amide bonds. The summed E-state index contributed by atoms with van der Waals surface area (Å²) in [6.45, 7) is 3.92. The first-order valence-corrected chi connectivity index (χ1v) is 8.02. The fraction of sp³-hybridized carbons (Fsp3) is 0.176. The Morgan fingerprint density at radius 3 is 2.57 bits per heavy atom. The minimum Gasteiger partial charge on any atom is -0.387 e. The molecule has 0 aliphatic rings. The number of rotatable bonds is 7. The van der Waals surface area contributed by atoms with E-state index in [0.29, 0.717) is 12.1 Å². The van der Waals surface area contributed by atoms with Crippen LogP contribution in [0.25, 0.3) is 0 Å². The number of hydrogen-bond acceptors (Lipinski definition) is 4. The molecule has 23 heavy (non-hydrogen) atoms. The normalized spacial score (nSPS) is 11.5. The zero-order chi connectivity index (χ0) is 16.7. The highest BCUT2D eigenvalue weighted by Crippen LogP contribution is 2.15. The van der Waals surface area contributed by atoms with Crippen molar-refractivity contribution in [3.63, 3.8) is 0 Å². The lowest BCUT2D eigenvalue weighted by atomic mass is 10.1. The molecule has 1 atom stereocenters. The zero-order valence-electron chi connectivity index (χ0n) is 12.5. The maximum Gasteiger partial charge on any atom is 0.251 e. The van der Waals surface area contributed by atoms with Crippen LogP contribution in [-0.4, -0.2) is 23.5 Å². The number of amides is 2. The van der Waals surface area contributed by atoms with E-state index < -0.39 is 6.10 Å². The van der Waals surface area contributed by atoms with Crippen LogP contribution in [-0.2, 0) is 11.3 Å². The lowest BCUT2D eigenvalue weighted by molar-refractivity contribution is -0.116. The van der Waals surface area contributed by atoms with Crippen LogP contribution in [0.2, 0.25) is 0 Å². The van der Waals surface area contributed by atoms with Crippen molar-refractivity contribution in [1.29, 1.82) is 0 Å². The fourth-order valence-electron chi connectivity index (χ4n) is 1.91. The predicted octanol–water partition coefficient (Wildman–Crippen LogP) is 2.01. The first-order chi connectivity index (χ1) is 11.1. The molecule has 0 saturated carbocycles. The third kappa shape index (κ3) is 5.05. The second-order valence-electron chi connectivity index (χ2n) is 4.90. The Labute approximate surface area is 138 Å². The molecule has 0 saturated heterocycles. The van der Waals surface area contributed by atoms with Gasteiger partial charge >= 0.3 is 0 Å². The van der Waals surface area contributed by atoms with Gasteiger partial charge in [0.2, 0.25) is 5.91 Å². The standard InChI is InChI=1S/C17H18N2O3S/c1-2-16(21)18-9-12-3-5-13(6-4-12)17(22)19-10-15(20)14-7-8-23-11-14/h2-8,11,15,20H,1,9-10H2,(H,18,21)(H,19,22). The molecule has 0 radical (unpaired) electrons. The summed E-state index contributed by atoms with van der Waals surface area (Å²) in [5.74, 6) is -0.491. The number of carbonyl (C=O) groups excluding carboxylic acids is 2. The summed E-state index contributed by atoms with van der Waals surface area (Å²) < 4.78 is 0. The third-order valence-electron chi connectivity index (χ3n) is 3.25. The molecular weight excluding hydrogens is 312 g/mol. The molecule has 3 N–H and O–H groups in total. The van der Waals surface area contributed by atoms with Crippen molar-refractivity contribution in [2.75, 3.05) is 6.54 Å². The number of nitrogens with one attached hydrogen (secondary N) is 2. The molecule has 0 aliphatic heterocycles. The summed E-state index contributed by atoms with van der Waals surface area (Å²) in [6, 6.07) is 8.73. The van der Waals surface area contributed by atoms with Gasteiger partial charge in [0.1, 0.15) is 0 Å². The third-order valence-corrected chi connectivity index (χ3v) is 3.95. The highest BCUT2D eigenvalue weighted by atomic mass is 32.1. The van der Waals surface area contributed by atoms with E-state index in [2.05, 4.69) is 17.2 Å². The van der Waals surface area contributed by atoms with E-state index in [1.54, 1.807) is 24.3 Å². The largest absolute Gasteiger partial charge is 0.387 e. The van der Waals surface area contributed by atoms with Gasteiger partial charge in [-0.25, -0.2) is 0 Å². The van der Waals surface area contributed by atoms with Gasteiger partial charge in [-0.2, -0.15) is 11.3 Å². The average molecular weight is 330 g/mol. The van der Waals surface area contributed by atoms with Crippen molar-refractivity contribution in [3.05, 3.63) is 70.4 Å². The van der Waals surface area contributed by atoms with Crippen molar-refractivity contribution in [2.24, 2.45) is 0 Å². The van der Waals surface area contributed by atoms with Gasteiger partial charge in [-0.05, 0) is 46.2 Å². The minimum absolute atomic E-state index is 0.159. The molecule has 1 aromatic carbocycles. The van der Waals surface area contributed by atoms with Gasteiger partial charge in [-0.15, -0.1) is 0 Å². The Bertz CT molecular complexity index is 666. The van der Waals surface area contributed by atoms with E-state index in [9.17, 15) is 14.7 Å². The van der Waals surface area contributed by atoms with Gasteiger partial charge in [0.15, 0.2) is 0 Å². The Kier molecular flexibility index (Phi) is 6.08. The molecule has 0 bridgehead atoms. The van der Waals surface area contributed by atoms with Gasteiger partial charge in [0, 0.05) is 18.7 Å². The van der Waals surface area contributed by atoms with E-state index >= 15 is 0 Å². The van der Waals surface area contributed by atoms with Gasteiger partial charge in [0.25, 0.3) is 5.91 Å². The Hall–Kier alpha value is -2.44. The van der Waals surface area contributed by atoms with Crippen LogP contribution in [0.1, 0.15) is 27.6 Å². The lowest BCUT2D eigenvalue weighted by Crippen LogP contribution is -2.28. The number of hydrogen-bond donors (Lipinski definition) is 3. The maximum absolute atomic E-state index is 12.0. The van der Waals surface area contributed by atoms with Gasteiger partial charge in [0.05, 0.1) is 6.10 Å². The first-order valence-electron chi connectivity index (χ1n) is 7.07. The average Bonchev–Trinajstić information content (AvgIpc) is 3.12. The SMILES string of the molecule is C=CC(=O)NCc1ccc(C(=O)NCC(O)c2ccsc2)cc1. The second-order valence-corrected chi connectivity index (χ2v) is 5.68. The van der Waals surface area contributed by atoms with Gasteiger partial charge < -0.3 is 15.7 Å². The van der Waals surface area contributed by atoms with Crippen LogP contribution in [0.5, 0.6) is 0 Å². The monoisotopic (exact) mass is 330 g/mol. The fourth-order valence-corrected chi connectivity index (χ4v) is 2.62. The number of benzene rings is 1. The van der Waals surface area contributed by atoms with Crippen molar-refractivity contribution in [2.45, 2.75) is 12.6 Å². The molecule has 6 heteroatoms. The molecule has 0 fully saturated rings. The van der Waals surface area contributed by atoms with E-state index in [4.69, 9.17) is 0 Å². The number of carbonyl (C=O) groups is 2. The van der Waals surface area contributed by atoms with Crippen molar-refractivity contribution in [1.82, 2.24) is 10.6 Å². The maximum atomic E-state index is 12.0. The molecule has 120 valence electrons. The van der Waals surface area contributed by atoms with Crippen LogP contribution in [0.4, 0.5) is 0 Å². The second kappa shape index (κ2) is 8.26. The molecule has 2 rings (SSSR count). The molecule has 1 unspecified atom stereocenters. The molecule has 1 aromatic heterocycles. The highest BCUT2D eigenvalue weighted by Gasteiger charge is 2.11. The van der Waals surface area contributed by atoms with E-state index in [-0.39, 0.29) is 18.4 Å². The highest BCUT2D eigenvalue weighted by molar-refractivity contribution is 7.07. The Morgan fingerprint density at radius 1 is 1.22 bits per heavy atom. The molecule has 5 nitrogen and oxygen atoms in total. The van der Waals surface area contributed by atoms with Gasteiger partial charge in [-0.3, -0.25) is 9.59 Å². The predicted molar refractivity (Wildman–Crippen MR) is 90.1 cm³/mol. The van der Waals surface area contributed by atoms with Crippen LogP contribution in [0.3, 0.4) is 0 Å². The smallest absolute Gasteiger partial charge is 0.251 e. The minimum atomic E-state index is -0.710. The van der Waals surface area contributed by atoms with E-state index in [1.807, 2.05) is 16.8 Å². The summed E-state index contributed by atoms with van der Waals surface area (Å²) >= 11 is 1.50. The topological polar surface area (TPSA) is 78.4 Å². The Balaban J connectivity index is 1.85. The van der Waals surface area contributed by atoms with Crippen LogP contribution < -0.4 is 10.6 Å². The number of aliphatic hydroxyl groups is 1. The molecular formula is C17H18N2O3S. The van der Waals surface area contributed by atoms with Crippen LogP contribution in [0.15, 0.2) is 53.7 Å². The summed E-state index contributed by atoms with van der Waals surface area (Å²) in [6.07, 6.45) is 0.499. The number of thiophene rings is 1. The quantitative estimate of drug-likeness (QED) is 0.680. The van der Waals surface area contributed by atoms with Crippen molar-refractivity contribution >= 4 is 23.2 Å². The first kappa shape index (κ1) is 16.9. The van der Waals surface area contributed by atoms with Crippen LogP contribution in [0, 0.1) is 0 Å². The molecule has 2 aromatic rings. The summed E-state index contributed by atoms with van der Waals surface area (Å²) in [5, 5.41) is 19.0.